The van der Waals surface area contributed by atoms with Gasteiger partial charge in [0.05, 0.1) is 12.1 Å². The maximum absolute atomic E-state index is 13.4. The van der Waals surface area contributed by atoms with Crippen LogP contribution in [0, 0.1) is 0 Å². The molecule has 0 unspecified atom stereocenters. The number of fused-ring (bicyclic) bond motifs is 2. The minimum atomic E-state index is -0.397. The SMILES string of the molecule is CCOc1ccc2[nH]c(=O)c([C@@H](c3nnnn3C(C)(C)C)N3CCc4ccccc4C3)cc2c1. The van der Waals surface area contributed by atoms with Crippen molar-refractivity contribution in [3.63, 3.8) is 0 Å². The van der Waals surface area contributed by atoms with E-state index in [-0.39, 0.29) is 11.1 Å². The van der Waals surface area contributed by atoms with Crippen LogP contribution >= 0.6 is 0 Å². The van der Waals surface area contributed by atoms with Gasteiger partial charge < -0.3 is 9.72 Å². The van der Waals surface area contributed by atoms with Gasteiger partial charge in [-0.05, 0) is 79.9 Å². The number of ether oxygens (including phenoxy) is 1. The van der Waals surface area contributed by atoms with Crippen LogP contribution in [-0.4, -0.2) is 43.2 Å². The van der Waals surface area contributed by atoms with Gasteiger partial charge in [-0.3, -0.25) is 9.69 Å². The van der Waals surface area contributed by atoms with E-state index in [1.54, 1.807) is 0 Å². The van der Waals surface area contributed by atoms with Gasteiger partial charge >= 0.3 is 0 Å². The largest absolute Gasteiger partial charge is 0.494 e. The molecule has 1 atom stereocenters. The number of pyridine rings is 1. The Bertz CT molecular complexity index is 1380. The molecule has 1 aliphatic heterocycles. The smallest absolute Gasteiger partial charge is 0.253 e. The molecular weight excluding hydrogens is 428 g/mol. The lowest BCUT2D eigenvalue weighted by Gasteiger charge is -2.36. The molecule has 0 spiro atoms. The van der Waals surface area contributed by atoms with Crippen LogP contribution in [0.15, 0.2) is 53.3 Å². The van der Waals surface area contributed by atoms with E-state index >= 15 is 0 Å². The summed E-state index contributed by atoms with van der Waals surface area (Å²) in [5, 5.41) is 13.7. The molecule has 1 N–H and O–H groups in total. The monoisotopic (exact) mass is 458 g/mol. The van der Waals surface area contributed by atoms with Gasteiger partial charge in [-0.1, -0.05) is 24.3 Å². The van der Waals surface area contributed by atoms with Crippen molar-refractivity contribution in [1.82, 2.24) is 30.1 Å². The summed E-state index contributed by atoms with van der Waals surface area (Å²) in [7, 11) is 0. The van der Waals surface area contributed by atoms with Crippen molar-refractivity contribution in [1.29, 1.82) is 0 Å². The second-order valence-electron chi connectivity index (χ2n) is 9.75. The zero-order valence-electron chi connectivity index (χ0n) is 20.1. The lowest BCUT2D eigenvalue weighted by atomic mass is 9.95. The molecule has 0 aliphatic carbocycles. The van der Waals surface area contributed by atoms with Crippen LogP contribution in [0.1, 0.15) is 56.3 Å². The van der Waals surface area contributed by atoms with Crippen molar-refractivity contribution in [3.8, 4) is 5.75 Å². The van der Waals surface area contributed by atoms with Gasteiger partial charge in [-0.25, -0.2) is 4.68 Å². The molecule has 0 saturated carbocycles. The molecule has 2 aromatic carbocycles. The maximum atomic E-state index is 13.4. The highest BCUT2D eigenvalue weighted by molar-refractivity contribution is 5.80. The first-order valence-corrected chi connectivity index (χ1v) is 11.7. The van der Waals surface area contributed by atoms with Crippen LogP contribution in [0.25, 0.3) is 10.9 Å². The number of benzene rings is 2. The number of aromatic amines is 1. The van der Waals surface area contributed by atoms with Crippen molar-refractivity contribution < 1.29 is 4.74 Å². The number of hydrogen-bond donors (Lipinski definition) is 1. The Morgan fingerprint density at radius 3 is 2.68 bits per heavy atom. The number of aromatic nitrogens is 5. The first-order chi connectivity index (χ1) is 16.3. The highest BCUT2D eigenvalue weighted by Gasteiger charge is 2.34. The number of hydrogen-bond acceptors (Lipinski definition) is 6. The van der Waals surface area contributed by atoms with E-state index in [0.29, 0.717) is 24.5 Å². The first-order valence-electron chi connectivity index (χ1n) is 11.7. The molecule has 2 aromatic heterocycles. The van der Waals surface area contributed by atoms with E-state index in [1.165, 1.54) is 11.1 Å². The molecule has 0 bridgehead atoms. The van der Waals surface area contributed by atoms with E-state index in [4.69, 9.17) is 4.74 Å². The second-order valence-corrected chi connectivity index (χ2v) is 9.75. The van der Waals surface area contributed by atoms with Crippen LogP contribution in [0.4, 0.5) is 0 Å². The molecule has 0 radical (unpaired) electrons. The minimum Gasteiger partial charge on any atom is -0.494 e. The Morgan fingerprint density at radius 1 is 1.12 bits per heavy atom. The average Bonchev–Trinajstić information content (AvgIpc) is 3.30. The summed E-state index contributed by atoms with van der Waals surface area (Å²) in [4.78, 5) is 18.8. The quantitative estimate of drug-likeness (QED) is 0.489. The molecule has 0 saturated heterocycles. The van der Waals surface area contributed by atoms with Gasteiger partial charge in [-0.2, -0.15) is 0 Å². The third-order valence-corrected chi connectivity index (χ3v) is 6.35. The van der Waals surface area contributed by atoms with Gasteiger partial charge in [0, 0.05) is 29.6 Å². The first kappa shape index (κ1) is 22.3. The zero-order valence-corrected chi connectivity index (χ0v) is 20.1. The molecule has 3 heterocycles. The van der Waals surface area contributed by atoms with E-state index in [2.05, 4.69) is 70.4 Å². The predicted octanol–water partition coefficient (Wildman–Crippen LogP) is 3.82. The van der Waals surface area contributed by atoms with Crippen LogP contribution in [0.2, 0.25) is 0 Å². The van der Waals surface area contributed by atoms with Crippen molar-refractivity contribution in [2.24, 2.45) is 0 Å². The van der Waals surface area contributed by atoms with Crippen LogP contribution < -0.4 is 10.3 Å². The topological polar surface area (TPSA) is 88.9 Å². The lowest BCUT2D eigenvalue weighted by molar-refractivity contribution is 0.185. The van der Waals surface area contributed by atoms with Crippen molar-refractivity contribution in [2.45, 2.75) is 52.2 Å². The Balaban J connectivity index is 1.68. The van der Waals surface area contributed by atoms with Gasteiger partial charge in [-0.15, -0.1) is 5.10 Å². The molecular formula is C26H30N6O2. The fraction of sp³-hybridized carbons (Fsp3) is 0.385. The third kappa shape index (κ3) is 4.09. The standard InChI is InChI=1S/C26H30N6O2/c1-5-34-20-10-11-22-19(14-20)15-21(25(33)27-22)23(24-28-29-30-32(24)26(2,3)4)31-13-12-17-8-6-7-9-18(17)16-31/h6-11,14-15,23H,5,12-13,16H2,1-4H3,(H,27,33)/t23-/m0/s1. The Morgan fingerprint density at radius 2 is 1.91 bits per heavy atom. The average molecular weight is 459 g/mol. The summed E-state index contributed by atoms with van der Waals surface area (Å²) in [6.45, 7) is 10.2. The van der Waals surface area contributed by atoms with Crippen molar-refractivity contribution >= 4 is 10.9 Å². The van der Waals surface area contributed by atoms with E-state index < -0.39 is 6.04 Å². The molecule has 5 rings (SSSR count). The second kappa shape index (κ2) is 8.68. The highest BCUT2D eigenvalue weighted by atomic mass is 16.5. The highest BCUT2D eigenvalue weighted by Crippen LogP contribution is 2.33. The maximum Gasteiger partial charge on any atom is 0.253 e. The Labute approximate surface area is 198 Å². The summed E-state index contributed by atoms with van der Waals surface area (Å²) in [5.74, 6) is 1.44. The van der Waals surface area contributed by atoms with Gasteiger partial charge in [0.15, 0.2) is 5.82 Å². The van der Waals surface area contributed by atoms with E-state index in [0.717, 1.165) is 29.6 Å². The number of nitrogens with one attached hydrogen (secondary N) is 1. The van der Waals surface area contributed by atoms with E-state index in [9.17, 15) is 4.79 Å². The number of nitrogens with zero attached hydrogens (tertiary/aromatic N) is 5. The lowest BCUT2D eigenvalue weighted by Crippen LogP contribution is -2.40. The molecule has 0 fully saturated rings. The molecule has 8 heteroatoms. The number of tetrazole rings is 1. The van der Waals surface area contributed by atoms with E-state index in [1.807, 2.05) is 35.9 Å². The predicted molar refractivity (Wildman–Crippen MR) is 131 cm³/mol. The molecule has 8 nitrogen and oxygen atoms in total. The zero-order chi connectivity index (χ0) is 23.9. The summed E-state index contributed by atoms with van der Waals surface area (Å²) >= 11 is 0. The molecule has 34 heavy (non-hydrogen) atoms. The molecule has 1 aliphatic rings. The third-order valence-electron chi connectivity index (χ3n) is 6.35. The van der Waals surface area contributed by atoms with Crippen molar-refractivity contribution in [3.05, 3.63) is 81.4 Å². The van der Waals surface area contributed by atoms with Gasteiger partial charge in [0.1, 0.15) is 11.8 Å². The van der Waals surface area contributed by atoms with Crippen LogP contribution in [-0.2, 0) is 18.5 Å². The fourth-order valence-corrected chi connectivity index (χ4v) is 4.74. The number of rotatable bonds is 5. The van der Waals surface area contributed by atoms with Gasteiger partial charge in [0.25, 0.3) is 5.56 Å². The normalized spacial score (nSPS) is 15.3. The number of H-pyrrole nitrogens is 1. The molecule has 176 valence electrons. The fourth-order valence-electron chi connectivity index (χ4n) is 4.74. The molecule has 0 amide bonds. The Hall–Kier alpha value is -3.52. The Kier molecular flexibility index (Phi) is 5.69. The summed E-state index contributed by atoms with van der Waals surface area (Å²) in [5.41, 5.74) is 3.54. The summed E-state index contributed by atoms with van der Waals surface area (Å²) in [6.07, 6.45) is 0.906. The van der Waals surface area contributed by atoms with Gasteiger partial charge in [0.2, 0.25) is 0 Å². The van der Waals surface area contributed by atoms with Crippen molar-refractivity contribution in [2.75, 3.05) is 13.2 Å². The minimum absolute atomic E-state index is 0.135. The van der Waals surface area contributed by atoms with Crippen LogP contribution in [0.5, 0.6) is 5.75 Å². The summed E-state index contributed by atoms with van der Waals surface area (Å²) < 4.78 is 7.53. The van der Waals surface area contributed by atoms with Crippen LogP contribution in [0.3, 0.4) is 0 Å². The molecule has 4 aromatic rings. The summed E-state index contributed by atoms with van der Waals surface area (Å²) in [6, 6.07) is 15.8.